The maximum absolute atomic E-state index is 6.14. The highest BCUT2D eigenvalue weighted by Crippen LogP contribution is 2.26. The fourth-order valence-corrected chi connectivity index (χ4v) is 5.42. The van der Waals surface area contributed by atoms with Gasteiger partial charge in [-0.25, -0.2) is 0 Å². The lowest BCUT2D eigenvalue weighted by Crippen LogP contribution is -2.01. The first-order valence-electron chi connectivity index (χ1n) is 17.2. The lowest BCUT2D eigenvalue weighted by Gasteiger charge is -2.14. The van der Waals surface area contributed by atoms with Crippen LogP contribution < -0.4 is 4.74 Å². The molecule has 0 N–H and O–H groups in total. The zero-order valence-electron chi connectivity index (χ0n) is 26.6. The smallest absolute Gasteiger partial charge is 0.119 e. The number of benzene rings is 2. The molecule has 1 unspecified atom stereocenters. The molecule has 1 atom stereocenters. The van der Waals surface area contributed by atoms with Gasteiger partial charge in [-0.1, -0.05) is 166 Å². The van der Waals surface area contributed by atoms with E-state index in [-0.39, 0.29) is 6.10 Å². The van der Waals surface area contributed by atoms with Crippen LogP contribution in [0.4, 0.5) is 0 Å². The van der Waals surface area contributed by atoms with E-state index in [1.54, 1.807) is 0 Å². The first-order chi connectivity index (χ1) is 19.7. The van der Waals surface area contributed by atoms with Crippen LogP contribution in [0.25, 0.3) is 11.1 Å². The van der Waals surface area contributed by atoms with Crippen molar-refractivity contribution in [1.29, 1.82) is 0 Å². The Labute approximate surface area is 248 Å². The number of ether oxygens (including phenoxy) is 2. The summed E-state index contributed by atoms with van der Waals surface area (Å²) in [6, 6.07) is 17.4. The zero-order valence-corrected chi connectivity index (χ0v) is 26.6. The molecule has 0 aromatic heterocycles. The van der Waals surface area contributed by atoms with E-state index >= 15 is 0 Å². The minimum atomic E-state index is 0.147. The van der Waals surface area contributed by atoms with Gasteiger partial charge in [0.05, 0.1) is 12.7 Å². The van der Waals surface area contributed by atoms with Crippen LogP contribution in [0.5, 0.6) is 5.75 Å². The van der Waals surface area contributed by atoms with Crippen LogP contribution >= 0.6 is 0 Å². The van der Waals surface area contributed by atoms with Gasteiger partial charge in [0.25, 0.3) is 0 Å². The summed E-state index contributed by atoms with van der Waals surface area (Å²) in [6.45, 7) is 8.42. The second-order valence-electron chi connectivity index (χ2n) is 11.9. The predicted molar refractivity (Wildman–Crippen MR) is 175 cm³/mol. The molecule has 2 aromatic carbocycles. The molecule has 0 fully saturated rings. The van der Waals surface area contributed by atoms with Crippen molar-refractivity contribution < 1.29 is 9.47 Å². The molecule has 0 bridgehead atoms. The molecule has 2 rings (SSSR count). The first-order valence-corrected chi connectivity index (χ1v) is 17.2. The van der Waals surface area contributed by atoms with E-state index in [9.17, 15) is 0 Å². The largest absolute Gasteiger partial charge is 0.494 e. The van der Waals surface area contributed by atoms with E-state index in [4.69, 9.17) is 9.47 Å². The van der Waals surface area contributed by atoms with Gasteiger partial charge >= 0.3 is 0 Å². The summed E-state index contributed by atoms with van der Waals surface area (Å²) in [5.41, 5.74) is 3.73. The average molecular weight is 551 g/mol. The summed E-state index contributed by atoms with van der Waals surface area (Å²) in [4.78, 5) is 0. The topological polar surface area (TPSA) is 18.5 Å². The van der Waals surface area contributed by atoms with Crippen molar-refractivity contribution in [1.82, 2.24) is 0 Å². The van der Waals surface area contributed by atoms with Crippen molar-refractivity contribution in [3.8, 4) is 16.9 Å². The van der Waals surface area contributed by atoms with Gasteiger partial charge in [0.2, 0.25) is 0 Å². The maximum Gasteiger partial charge on any atom is 0.119 e. The van der Waals surface area contributed by atoms with Crippen molar-refractivity contribution in [2.45, 2.75) is 155 Å². The van der Waals surface area contributed by atoms with Gasteiger partial charge in [0, 0.05) is 6.61 Å². The third kappa shape index (κ3) is 16.5. The van der Waals surface area contributed by atoms with Crippen molar-refractivity contribution in [3.63, 3.8) is 0 Å². The Morgan fingerprint density at radius 2 is 0.825 bits per heavy atom. The monoisotopic (exact) mass is 550 g/mol. The van der Waals surface area contributed by atoms with Crippen molar-refractivity contribution in [2.75, 3.05) is 13.2 Å². The number of rotatable bonds is 26. The lowest BCUT2D eigenvalue weighted by molar-refractivity contribution is 0.0627. The van der Waals surface area contributed by atoms with Gasteiger partial charge in [-0.2, -0.15) is 0 Å². The van der Waals surface area contributed by atoms with Crippen LogP contribution in [-0.4, -0.2) is 13.2 Å². The molecule has 0 aliphatic rings. The third-order valence-electron chi connectivity index (χ3n) is 8.20. The first kappa shape index (κ1) is 34.4. The molecule has 0 amide bonds. The van der Waals surface area contributed by atoms with Crippen LogP contribution in [0.15, 0.2) is 48.5 Å². The van der Waals surface area contributed by atoms with Gasteiger partial charge < -0.3 is 9.47 Å². The molecule has 0 saturated carbocycles. The highest BCUT2D eigenvalue weighted by molar-refractivity contribution is 5.64. The molecule has 40 heavy (non-hydrogen) atoms. The number of hydrogen-bond acceptors (Lipinski definition) is 2. The predicted octanol–water partition coefficient (Wildman–Crippen LogP) is 12.7. The molecule has 0 heterocycles. The molecule has 0 saturated heterocycles. The standard InChI is InChI=1S/C38H62O2/c1-4-6-8-10-12-14-15-17-18-20-22-32-39-34(3)35-24-26-36(27-25-35)37-28-30-38(31-29-37)40-33-23-21-19-16-13-11-9-7-5-2/h24-31,34H,4-23,32-33H2,1-3H3. The van der Waals surface area contributed by atoms with Crippen molar-refractivity contribution >= 4 is 0 Å². The van der Waals surface area contributed by atoms with E-state index in [0.29, 0.717) is 0 Å². The van der Waals surface area contributed by atoms with Crippen LogP contribution in [0.3, 0.4) is 0 Å². The maximum atomic E-state index is 6.14. The molecule has 226 valence electrons. The van der Waals surface area contributed by atoms with Gasteiger partial charge in [-0.05, 0) is 48.6 Å². The summed E-state index contributed by atoms with van der Waals surface area (Å²) in [5, 5.41) is 0. The van der Waals surface area contributed by atoms with Crippen LogP contribution in [0.1, 0.15) is 161 Å². The summed E-state index contributed by atoms with van der Waals surface area (Å²) in [5.74, 6) is 0.976. The fourth-order valence-electron chi connectivity index (χ4n) is 5.42. The number of hydrogen-bond donors (Lipinski definition) is 0. The quantitative estimate of drug-likeness (QED) is 0.108. The lowest BCUT2D eigenvalue weighted by atomic mass is 10.0. The molecular weight excluding hydrogens is 488 g/mol. The Morgan fingerprint density at radius 3 is 1.27 bits per heavy atom. The fraction of sp³-hybridized carbons (Fsp3) is 0.684. The molecule has 0 aliphatic carbocycles. The van der Waals surface area contributed by atoms with E-state index < -0.39 is 0 Å². The molecule has 0 aliphatic heterocycles. The number of unbranched alkanes of at least 4 members (excludes halogenated alkanes) is 18. The van der Waals surface area contributed by atoms with Gasteiger partial charge in [-0.3, -0.25) is 0 Å². The summed E-state index contributed by atoms with van der Waals surface area (Å²) >= 11 is 0. The van der Waals surface area contributed by atoms with E-state index in [0.717, 1.165) is 25.4 Å². The summed E-state index contributed by atoms with van der Waals surface area (Å²) < 4.78 is 12.1. The summed E-state index contributed by atoms with van der Waals surface area (Å²) in [7, 11) is 0. The molecule has 0 radical (unpaired) electrons. The molecule has 2 nitrogen and oxygen atoms in total. The Balaban J connectivity index is 1.54. The zero-order chi connectivity index (χ0) is 28.5. The normalized spacial score (nSPS) is 12.1. The van der Waals surface area contributed by atoms with Crippen LogP contribution in [0, 0.1) is 0 Å². The average Bonchev–Trinajstić information content (AvgIpc) is 2.99. The summed E-state index contributed by atoms with van der Waals surface area (Å²) in [6.07, 6.45) is 27.3. The van der Waals surface area contributed by atoms with Crippen molar-refractivity contribution in [2.24, 2.45) is 0 Å². The van der Waals surface area contributed by atoms with Gasteiger partial charge in [0.1, 0.15) is 5.75 Å². The molecule has 0 spiro atoms. The Bertz CT molecular complexity index is 810. The van der Waals surface area contributed by atoms with E-state index in [1.165, 1.54) is 139 Å². The van der Waals surface area contributed by atoms with Gasteiger partial charge in [-0.15, -0.1) is 0 Å². The minimum Gasteiger partial charge on any atom is -0.494 e. The Hall–Kier alpha value is -1.80. The Morgan fingerprint density at radius 1 is 0.450 bits per heavy atom. The minimum absolute atomic E-state index is 0.147. The Kier molecular flexibility index (Phi) is 20.5. The third-order valence-corrected chi connectivity index (χ3v) is 8.20. The van der Waals surface area contributed by atoms with Crippen LogP contribution in [0.2, 0.25) is 0 Å². The highest BCUT2D eigenvalue weighted by atomic mass is 16.5. The molecule has 2 aromatic rings. The van der Waals surface area contributed by atoms with Crippen LogP contribution in [-0.2, 0) is 4.74 Å². The molecule has 2 heteroatoms. The van der Waals surface area contributed by atoms with E-state index in [1.807, 2.05) is 0 Å². The molecular formula is C38H62O2. The SMILES string of the molecule is CCCCCCCCCCCCCOC(C)c1ccc(-c2ccc(OCCCCCCCCCCC)cc2)cc1. The van der Waals surface area contributed by atoms with Gasteiger partial charge in [0.15, 0.2) is 0 Å². The second kappa shape index (κ2) is 23.9. The van der Waals surface area contributed by atoms with Crippen molar-refractivity contribution in [3.05, 3.63) is 54.1 Å². The highest BCUT2D eigenvalue weighted by Gasteiger charge is 2.07. The second-order valence-corrected chi connectivity index (χ2v) is 11.9. The van der Waals surface area contributed by atoms with E-state index in [2.05, 4.69) is 69.3 Å².